The van der Waals surface area contributed by atoms with E-state index < -0.39 is 0 Å². The van der Waals surface area contributed by atoms with Crippen LogP contribution in [-0.2, 0) is 14.2 Å². The van der Waals surface area contributed by atoms with Gasteiger partial charge in [0, 0.05) is 13.1 Å². The summed E-state index contributed by atoms with van der Waals surface area (Å²) in [5.74, 6) is 0.919. The highest BCUT2D eigenvalue weighted by Crippen LogP contribution is 2.13. The van der Waals surface area contributed by atoms with Crippen LogP contribution in [0.3, 0.4) is 0 Å². The van der Waals surface area contributed by atoms with E-state index in [1.54, 1.807) is 0 Å². The van der Waals surface area contributed by atoms with E-state index in [9.17, 15) is 0 Å². The van der Waals surface area contributed by atoms with Gasteiger partial charge in [0.1, 0.15) is 18.5 Å². The Hall–Kier alpha value is -1.14. The first kappa shape index (κ1) is 13.8. The van der Waals surface area contributed by atoms with Crippen molar-refractivity contribution in [1.29, 1.82) is 0 Å². The predicted molar refractivity (Wildman–Crippen MR) is 74.0 cm³/mol. The average molecular weight is 279 g/mol. The van der Waals surface area contributed by atoms with Gasteiger partial charge in [-0.2, -0.15) is 0 Å². The van der Waals surface area contributed by atoms with Crippen LogP contribution in [0.1, 0.15) is 0 Å². The number of benzene rings is 1. The van der Waals surface area contributed by atoms with E-state index in [4.69, 9.17) is 18.9 Å². The minimum absolute atomic E-state index is 0.343. The molecule has 0 radical (unpaired) electrons. The lowest BCUT2D eigenvalue weighted by Gasteiger charge is -2.01. The zero-order chi connectivity index (χ0) is 13.6. The van der Waals surface area contributed by atoms with E-state index in [1.807, 2.05) is 30.3 Å². The fourth-order valence-corrected chi connectivity index (χ4v) is 1.65. The minimum atomic E-state index is 0.343. The third-order valence-electron chi connectivity index (χ3n) is 3.13. The Kier molecular flexibility index (Phi) is 4.86. The van der Waals surface area contributed by atoms with Gasteiger partial charge < -0.3 is 24.3 Å². The van der Waals surface area contributed by atoms with Crippen LogP contribution in [0.15, 0.2) is 30.3 Å². The molecule has 0 aromatic heterocycles. The first-order valence-corrected chi connectivity index (χ1v) is 7.13. The molecular formula is C15H21NO4. The van der Waals surface area contributed by atoms with Gasteiger partial charge in [0.2, 0.25) is 0 Å². The second-order valence-electron chi connectivity index (χ2n) is 5.15. The molecular weight excluding hydrogens is 258 g/mol. The summed E-state index contributed by atoms with van der Waals surface area (Å²) in [4.78, 5) is 0. The quantitative estimate of drug-likeness (QED) is 0.749. The molecule has 110 valence electrons. The van der Waals surface area contributed by atoms with Gasteiger partial charge in [-0.25, -0.2) is 0 Å². The van der Waals surface area contributed by atoms with Gasteiger partial charge in [-0.1, -0.05) is 18.2 Å². The first-order chi connectivity index (χ1) is 9.90. The molecule has 3 fully saturated rings. The van der Waals surface area contributed by atoms with Crippen molar-refractivity contribution in [2.45, 2.75) is 18.3 Å². The smallest absolute Gasteiger partial charge is 0.119 e. The van der Waals surface area contributed by atoms with Gasteiger partial charge in [0.15, 0.2) is 0 Å². The molecule has 3 unspecified atom stereocenters. The molecule has 0 amide bonds. The highest BCUT2D eigenvalue weighted by molar-refractivity contribution is 5.20. The van der Waals surface area contributed by atoms with E-state index >= 15 is 0 Å². The van der Waals surface area contributed by atoms with Crippen LogP contribution in [-0.4, -0.2) is 57.8 Å². The third kappa shape index (κ3) is 5.88. The summed E-state index contributed by atoms with van der Waals surface area (Å²) in [6.07, 6.45) is 1.35. The van der Waals surface area contributed by atoms with Crippen molar-refractivity contribution < 1.29 is 18.9 Å². The second-order valence-corrected chi connectivity index (χ2v) is 5.15. The van der Waals surface area contributed by atoms with Crippen LogP contribution in [0.2, 0.25) is 0 Å². The number of hydrogen-bond donors (Lipinski definition) is 1. The Bertz CT molecular complexity index is 376. The van der Waals surface area contributed by atoms with Gasteiger partial charge in [-0.15, -0.1) is 0 Å². The molecule has 3 aliphatic rings. The zero-order valence-corrected chi connectivity index (χ0v) is 11.5. The molecule has 1 aromatic carbocycles. The highest BCUT2D eigenvalue weighted by atomic mass is 16.6. The molecule has 0 spiro atoms. The summed E-state index contributed by atoms with van der Waals surface area (Å²) in [6, 6.07) is 9.79. The Balaban J connectivity index is 0.000000123. The standard InChI is InChI=1S/C9H10O2.C6H11NO2/c1-2-4-8(5-3-1)10-6-9-7-11-9;1(5-3-8-5)7-2-6-4-9-6/h1-5,9H,6-7H2;5-7H,1-4H2. The number of rotatable bonds is 7. The molecule has 0 saturated carbocycles. The van der Waals surface area contributed by atoms with Crippen molar-refractivity contribution in [3.63, 3.8) is 0 Å². The molecule has 5 nitrogen and oxygen atoms in total. The fourth-order valence-electron chi connectivity index (χ4n) is 1.65. The Morgan fingerprint density at radius 2 is 1.45 bits per heavy atom. The molecule has 3 saturated heterocycles. The van der Waals surface area contributed by atoms with Crippen LogP contribution >= 0.6 is 0 Å². The molecule has 20 heavy (non-hydrogen) atoms. The Morgan fingerprint density at radius 1 is 0.900 bits per heavy atom. The Labute approximate surface area is 119 Å². The van der Waals surface area contributed by atoms with Crippen molar-refractivity contribution in [3.8, 4) is 5.75 Å². The number of epoxide rings is 3. The lowest BCUT2D eigenvalue weighted by molar-refractivity contribution is 0.263. The molecule has 1 aromatic rings. The molecule has 3 aliphatic heterocycles. The van der Waals surface area contributed by atoms with Crippen LogP contribution in [0, 0.1) is 0 Å². The van der Waals surface area contributed by atoms with Gasteiger partial charge in [-0.3, -0.25) is 0 Å². The van der Waals surface area contributed by atoms with E-state index in [0.29, 0.717) is 24.9 Å². The monoisotopic (exact) mass is 279 g/mol. The zero-order valence-electron chi connectivity index (χ0n) is 11.5. The summed E-state index contributed by atoms with van der Waals surface area (Å²) in [5, 5.41) is 3.26. The normalized spacial score (nSPS) is 29.1. The van der Waals surface area contributed by atoms with Gasteiger partial charge >= 0.3 is 0 Å². The Morgan fingerprint density at radius 3 is 1.95 bits per heavy atom. The third-order valence-corrected chi connectivity index (χ3v) is 3.13. The minimum Gasteiger partial charge on any atom is -0.491 e. The molecule has 1 N–H and O–H groups in total. The van der Waals surface area contributed by atoms with Crippen molar-refractivity contribution in [2.75, 3.05) is 39.5 Å². The molecule has 0 aliphatic carbocycles. The molecule has 3 heterocycles. The number of nitrogens with one attached hydrogen (secondary N) is 1. The maximum absolute atomic E-state index is 5.40. The van der Waals surface area contributed by atoms with Gasteiger partial charge in [-0.05, 0) is 12.1 Å². The summed E-state index contributed by atoms with van der Waals surface area (Å²) in [6.45, 7) is 5.42. The van der Waals surface area contributed by atoms with Gasteiger partial charge in [0.05, 0.1) is 32.0 Å². The largest absolute Gasteiger partial charge is 0.491 e. The van der Waals surface area contributed by atoms with Crippen molar-refractivity contribution >= 4 is 0 Å². The van der Waals surface area contributed by atoms with E-state index in [0.717, 1.165) is 38.7 Å². The highest BCUT2D eigenvalue weighted by Gasteiger charge is 2.25. The van der Waals surface area contributed by atoms with Crippen molar-refractivity contribution in [2.24, 2.45) is 0 Å². The molecule has 4 rings (SSSR count). The number of hydrogen-bond acceptors (Lipinski definition) is 5. The fraction of sp³-hybridized carbons (Fsp3) is 0.600. The maximum atomic E-state index is 5.40. The predicted octanol–water partition coefficient (Wildman–Crippen LogP) is 0.838. The number of ether oxygens (including phenoxy) is 4. The topological polar surface area (TPSA) is 58.8 Å². The lowest BCUT2D eigenvalue weighted by Crippen LogP contribution is -2.24. The summed E-state index contributed by atoms with van der Waals surface area (Å²) >= 11 is 0. The molecule has 3 atom stereocenters. The first-order valence-electron chi connectivity index (χ1n) is 7.13. The van der Waals surface area contributed by atoms with Crippen LogP contribution in [0.4, 0.5) is 0 Å². The molecule has 0 bridgehead atoms. The SMILES string of the molecule is C(NCC1CO1)C1CO1.c1ccc(OCC2CO2)cc1. The van der Waals surface area contributed by atoms with E-state index in [1.165, 1.54) is 0 Å². The average Bonchev–Trinajstić information content (AvgIpc) is 3.34. The van der Waals surface area contributed by atoms with Crippen LogP contribution in [0.5, 0.6) is 5.75 Å². The number of para-hydroxylation sites is 1. The summed E-state index contributed by atoms with van der Waals surface area (Å²) in [7, 11) is 0. The summed E-state index contributed by atoms with van der Waals surface area (Å²) < 4.78 is 20.4. The molecule has 5 heteroatoms. The van der Waals surface area contributed by atoms with Crippen LogP contribution < -0.4 is 10.1 Å². The second kappa shape index (κ2) is 7.04. The van der Waals surface area contributed by atoms with E-state index in [2.05, 4.69) is 5.32 Å². The summed E-state index contributed by atoms with van der Waals surface area (Å²) in [5.41, 5.74) is 0. The lowest BCUT2D eigenvalue weighted by atomic mass is 10.3. The van der Waals surface area contributed by atoms with Gasteiger partial charge in [0.25, 0.3) is 0 Å². The van der Waals surface area contributed by atoms with Crippen molar-refractivity contribution in [1.82, 2.24) is 5.32 Å². The van der Waals surface area contributed by atoms with E-state index in [-0.39, 0.29) is 0 Å². The maximum Gasteiger partial charge on any atom is 0.119 e. The van der Waals surface area contributed by atoms with Crippen molar-refractivity contribution in [3.05, 3.63) is 30.3 Å². The van der Waals surface area contributed by atoms with Crippen LogP contribution in [0.25, 0.3) is 0 Å².